The van der Waals surface area contributed by atoms with Gasteiger partial charge in [0, 0.05) is 12.8 Å². The maximum atomic E-state index is 9.90. The summed E-state index contributed by atoms with van der Waals surface area (Å²) in [5.74, 6) is -1.74. The summed E-state index contributed by atoms with van der Waals surface area (Å²) in [5, 5.41) is 16.3. The van der Waals surface area contributed by atoms with Crippen molar-refractivity contribution in [2.24, 2.45) is 0 Å². The number of rotatable bonds is 5. The van der Waals surface area contributed by atoms with Crippen molar-refractivity contribution in [2.45, 2.75) is 38.5 Å². The number of carboxylic acid groups (broad SMARTS) is 2. The molecular formula is C16H22O4. The van der Waals surface area contributed by atoms with E-state index < -0.39 is 11.9 Å². The van der Waals surface area contributed by atoms with Gasteiger partial charge in [-0.2, -0.15) is 0 Å². The third kappa shape index (κ3) is 15.9. The van der Waals surface area contributed by atoms with Gasteiger partial charge in [0.05, 0.1) is 0 Å². The quantitative estimate of drug-likeness (QED) is 0.751. The molecule has 0 unspecified atom stereocenters. The average molecular weight is 278 g/mol. The second-order valence-corrected chi connectivity index (χ2v) is 4.18. The Kier molecular flexibility index (Phi) is 11.9. The molecule has 0 aromatic carbocycles. The molecule has 2 aliphatic rings. The van der Waals surface area contributed by atoms with Gasteiger partial charge >= 0.3 is 11.9 Å². The van der Waals surface area contributed by atoms with Gasteiger partial charge in [-0.05, 0) is 25.7 Å². The Hall–Kier alpha value is -2.10. The highest BCUT2D eigenvalue weighted by Gasteiger charge is 1.99. The molecule has 0 radical (unpaired) electrons. The number of unbranched alkanes of at least 4 members (excludes halogenated alkanes) is 1. The van der Waals surface area contributed by atoms with E-state index >= 15 is 0 Å². The lowest BCUT2D eigenvalue weighted by atomic mass is 10.2. The number of hydrogen-bond donors (Lipinski definition) is 2. The summed E-state index contributed by atoms with van der Waals surface area (Å²) in [6.07, 6.45) is 20.0. The summed E-state index contributed by atoms with van der Waals surface area (Å²) >= 11 is 0. The van der Waals surface area contributed by atoms with Crippen molar-refractivity contribution in [2.75, 3.05) is 0 Å². The Morgan fingerprint density at radius 2 is 1.00 bits per heavy atom. The highest BCUT2D eigenvalue weighted by atomic mass is 16.4. The fourth-order valence-electron chi connectivity index (χ4n) is 1.34. The predicted molar refractivity (Wildman–Crippen MR) is 79.5 cm³/mol. The molecule has 0 amide bonds. The van der Waals surface area contributed by atoms with E-state index in [2.05, 4.69) is 48.6 Å². The predicted octanol–water partition coefficient (Wildman–Crippen LogP) is 3.72. The highest BCUT2D eigenvalue weighted by Crippen LogP contribution is 1.98. The van der Waals surface area contributed by atoms with Crippen LogP contribution < -0.4 is 0 Å². The molecule has 0 bridgehead atoms. The van der Waals surface area contributed by atoms with Gasteiger partial charge in [0.25, 0.3) is 0 Å². The van der Waals surface area contributed by atoms with Crippen LogP contribution in [0, 0.1) is 0 Å². The van der Waals surface area contributed by atoms with E-state index in [0.717, 1.165) is 12.8 Å². The van der Waals surface area contributed by atoms with Crippen molar-refractivity contribution in [3.63, 3.8) is 0 Å². The van der Waals surface area contributed by atoms with E-state index in [9.17, 15) is 9.59 Å². The number of carbonyl (C=O) groups is 2. The zero-order valence-electron chi connectivity index (χ0n) is 11.6. The molecule has 0 heterocycles. The molecule has 4 nitrogen and oxygen atoms in total. The molecule has 110 valence electrons. The number of hydrogen-bond acceptors (Lipinski definition) is 2. The van der Waals surface area contributed by atoms with E-state index in [0.29, 0.717) is 12.8 Å². The first kappa shape index (κ1) is 17.9. The van der Waals surface area contributed by atoms with Gasteiger partial charge in [0.15, 0.2) is 0 Å². The summed E-state index contributed by atoms with van der Waals surface area (Å²) < 4.78 is 0. The van der Waals surface area contributed by atoms with Gasteiger partial charge in [-0.1, -0.05) is 48.6 Å². The molecule has 0 saturated carbocycles. The highest BCUT2D eigenvalue weighted by molar-refractivity contribution is 5.67. The lowest BCUT2D eigenvalue weighted by Gasteiger charge is -1.92. The van der Waals surface area contributed by atoms with E-state index in [-0.39, 0.29) is 12.8 Å². The lowest BCUT2D eigenvalue weighted by molar-refractivity contribution is -0.139. The van der Waals surface area contributed by atoms with Crippen LogP contribution >= 0.6 is 0 Å². The number of carboxylic acids is 2. The van der Waals surface area contributed by atoms with Crippen LogP contribution in [0.15, 0.2) is 48.6 Å². The normalized spacial score (nSPS) is 13.4. The minimum Gasteiger partial charge on any atom is -0.481 e. The SMILES string of the molecule is C1=CCC=C1.C1=CCC=C1.O=C(O)CCCCC(=O)O. The number of allylic oxidation sites excluding steroid dienone is 8. The summed E-state index contributed by atoms with van der Waals surface area (Å²) in [5.41, 5.74) is 0. The second kappa shape index (κ2) is 13.3. The van der Waals surface area contributed by atoms with Gasteiger partial charge in [-0.3, -0.25) is 9.59 Å². The van der Waals surface area contributed by atoms with Crippen LogP contribution in [0.2, 0.25) is 0 Å². The maximum Gasteiger partial charge on any atom is 0.303 e. The minimum absolute atomic E-state index is 0.0628. The molecule has 0 aliphatic heterocycles. The van der Waals surface area contributed by atoms with Crippen molar-refractivity contribution in [3.8, 4) is 0 Å². The third-order valence-corrected chi connectivity index (χ3v) is 2.34. The van der Waals surface area contributed by atoms with Crippen LogP contribution in [-0.4, -0.2) is 22.2 Å². The lowest BCUT2D eigenvalue weighted by Crippen LogP contribution is -1.97. The first-order valence-electron chi connectivity index (χ1n) is 6.70. The number of aliphatic carboxylic acids is 2. The van der Waals surface area contributed by atoms with E-state index in [1.807, 2.05) is 0 Å². The van der Waals surface area contributed by atoms with Crippen molar-refractivity contribution in [1.29, 1.82) is 0 Å². The van der Waals surface area contributed by atoms with Crippen molar-refractivity contribution in [1.82, 2.24) is 0 Å². The Morgan fingerprint density at radius 1 is 0.700 bits per heavy atom. The Morgan fingerprint density at radius 3 is 1.15 bits per heavy atom. The largest absolute Gasteiger partial charge is 0.481 e. The van der Waals surface area contributed by atoms with Crippen molar-refractivity contribution in [3.05, 3.63) is 48.6 Å². The fourth-order valence-corrected chi connectivity index (χ4v) is 1.34. The van der Waals surface area contributed by atoms with Crippen LogP contribution in [0.1, 0.15) is 38.5 Å². The second-order valence-electron chi connectivity index (χ2n) is 4.18. The first-order valence-corrected chi connectivity index (χ1v) is 6.70. The van der Waals surface area contributed by atoms with E-state index in [1.54, 1.807) is 0 Å². The summed E-state index contributed by atoms with van der Waals surface area (Å²) in [6, 6.07) is 0. The van der Waals surface area contributed by atoms with E-state index in [1.165, 1.54) is 0 Å². The van der Waals surface area contributed by atoms with Crippen LogP contribution in [0.25, 0.3) is 0 Å². The first-order chi connectivity index (χ1) is 9.63. The smallest absolute Gasteiger partial charge is 0.303 e. The molecule has 2 aliphatic carbocycles. The van der Waals surface area contributed by atoms with Gasteiger partial charge in [-0.15, -0.1) is 0 Å². The van der Waals surface area contributed by atoms with Gasteiger partial charge < -0.3 is 10.2 Å². The summed E-state index contributed by atoms with van der Waals surface area (Å²) in [6.45, 7) is 0. The Bertz CT molecular complexity index is 331. The Balaban J connectivity index is 0.000000298. The molecule has 4 heteroatoms. The standard InChI is InChI=1S/C6H10O4.2C5H6/c7-5(8)3-1-2-4-6(9)10;2*1-2-4-5-3-1/h1-4H2,(H,7,8)(H,9,10);2*1-4H,5H2. The van der Waals surface area contributed by atoms with Crippen LogP contribution in [0.5, 0.6) is 0 Å². The van der Waals surface area contributed by atoms with Gasteiger partial charge in [-0.25, -0.2) is 0 Å². The molecule has 0 atom stereocenters. The molecule has 0 saturated heterocycles. The molecule has 20 heavy (non-hydrogen) atoms. The van der Waals surface area contributed by atoms with Gasteiger partial charge in [0.1, 0.15) is 0 Å². The Labute approximate surface area is 119 Å². The van der Waals surface area contributed by atoms with Crippen molar-refractivity contribution >= 4 is 11.9 Å². The molecule has 0 spiro atoms. The average Bonchev–Trinajstić information content (AvgIpc) is 3.09. The minimum atomic E-state index is -0.870. The summed E-state index contributed by atoms with van der Waals surface area (Å²) in [4.78, 5) is 19.8. The third-order valence-electron chi connectivity index (χ3n) is 2.34. The van der Waals surface area contributed by atoms with E-state index in [4.69, 9.17) is 10.2 Å². The fraction of sp³-hybridized carbons (Fsp3) is 0.375. The molecule has 0 aromatic rings. The van der Waals surface area contributed by atoms with Crippen LogP contribution in [-0.2, 0) is 9.59 Å². The molecule has 2 N–H and O–H groups in total. The summed E-state index contributed by atoms with van der Waals surface area (Å²) in [7, 11) is 0. The molecular weight excluding hydrogens is 256 g/mol. The molecule has 0 fully saturated rings. The zero-order chi connectivity index (χ0) is 15.1. The molecule has 0 aromatic heterocycles. The molecule has 2 rings (SSSR count). The van der Waals surface area contributed by atoms with Gasteiger partial charge in [0.2, 0.25) is 0 Å². The zero-order valence-corrected chi connectivity index (χ0v) is 11.6. The van der Waals surface area contributed by atoms with Crippen LogP contribution in [0.4, 0.5) is 0 Å². The van der Waals surface area contributed by atoms with Crippen LogP contribution in [0.3, 0.4) is 0 Å². The maximum absolute atomic E-state index is 9.90. The monoisotopic (exact) mass is 278 g/mol. The van der Waals surface area contributed by atoms with Crippen molar-refractivity contribution < 1.29 is 19.8 Å². The topological polar surface area (TPSA) is 74.6 Å².